The predicted molar refractivity (Wildman–Crippen MR) is 106 cm³/mol. The molecule has 1 aromatic carbocycles. The molecule has 0 heterocycles. The first kappa shape index (κ1) is 22.2. The summed E-state index contributed by atoms with van der Waals surface area (Å²) in [6.45, 7) is 2.50. The Kier molecular flexibility index (Phi) is 11.8. The van der Waals surface area contributed by atoms with E-state index in [1.165, 1.54) is 63.4 Å². The zero-order valence-electron chi connectivity index (χ0n) is 16.1. The van der Waals surface area contributed by atoms with E-state index >= 15 is 0 Å². The Morgan fingerprint density at radius 2 is 1.36 bits per heavy atom. The average Bonchev–Trinajstić information content (AvgIpc) is 2.59. The maximum atomic E-state index is 11.3. The minimum Gasteiger partial charge on any atom is -0.270 e. The first-order chi connectivity index (χ1) is 12.0. The fourth-order valence-electron chi connectivity index (χ4n) is 3.16. The summed E-state index contributed by atoms with van der Waals surface area (Å²) in [5.41, 5.74) is 1.17. The van der Waals surface area contributed by atoms with Crippen LogP contribution in [-0.2, 0) is 14.3 Å². The molecule has 0 bridgehead atoms. The smallest absolute Gasteiger partial charge is 0.264 e. The Bertz CT molecular complexity index is 525. The second kappa shape index (κ2) is 13.3. The van der Waals surface area contributed by atoms with Gasteiger partial charge in [0, 0.05) is 5.92 Å². The summed E-state index contributed by atoms with van der Waals surface area (Å²) in [6.07, 6.45) is 15.2. The lowest BCUT2D eigenvalue weighted by atomic mass is 9.93. The Labute approximate surface area is 155 Å². The summed E-state index contributed by atoms with van der Waals surface area (Å²) in [5.74, 6) is 0.157. The lowest BCUT2D eigenvalue weighted by molar-refractivity contribution is 0.285. The minimum atomic E-state index is -3.38. The van der Waals surface area contributed by atoms with E-state index in [1.54, 1.807) is 0 Å². The zero-order valence-corrected chi connectivity index (χ0v) is 16.9. The summed E-state index contributed by atoms with van der Waals surface area (Å²) in [4.78, 5) is 0. The Morgan fingerprint density at radius 1 is 0.840 bits per heavy atom. The van der Waals surface area contributed by atoms with Crippen LogP contribution < -0.4 is 0 Å². The first-order valence-corrected chi connectivity index (χ1v) is 11.7. The van der Waals surface area contributed by atoms with Gasteiger partial charge in [-0.2, -0.15) is 8.42 Å². The number of benzene rings is 1. The molecule has 0 saturated heterocycles. The van der Waals surface area contributed by atoms with E-state index < -0.39 is 10.1 Å². The third kappa shape index (κ3) is 12.2. The van der Waals surface area contributed by atoms with Gasteiger partial charge in [-0.1, -0.05) is 101 Å². The standard InChI is InChI=1S/C21H36O3S/c1-3-4-5-6-7-8-9-10-11-13-18-21(19-24-25(2,22)23)20-16-14-12-15-17-20/h12,14-17,21H,3-11,13,18-19H2,1-2H3. The summed E-state index contributed by atoms with van der Waals surface area (Å²) >= 11 is 0. The van der Waals surface area contributed by atoms with Gasteiger partial charge in [0.05, 0.1) is 12.9 Å². The summed E-state index contributed by atoms with van der Waals surface area (Å²) in [5, 5.41) is 0. The van der Waals surface area contributed by atoms with Crippen molar-refractivity contribution in [2.75, 3.05) is 12.9 Å². The van der Waals surface area contributed by atoms with Gasteiger partial charge >= 0.3 is 0 Å². The number of hydrogen-bond donors (Lipinski definition) is 0. The van der Waals surface area contributed by atoms with Crippen molar-refractivity contribution in [3.8, 4) is 0 Å². The van der Waals surface area contributed by atoms with Gasteiger partial charge < -0.3 is 0 Å². The van der Waals surface area contributed by atoms with Gasteiger partial charge in [0.2, 0.25) is 0 Å². The average molecular weight is 369 g/mol. The van der Waals surface area contributed by atoms with Crippen LogP contribution in [0, 0.1) is 0 Å². The van der Waals surface area contributed by atoms with Crippen LogP contribution in [0.4, 0.5) is 0 Å². The predicted octanol–water partition coefficient (Wildman–Crippen LogP) is 6.06. The molecule has 1 aromatic rings. The Morgan fingerprint density at radius 3 is 1.88 bits per heavy atom. The SMILES string of the molecule is CCCCCCCCCCCCC(COS(C)(=O)=O)c1ccccc1. The fraction of sp³-hybridized carbons (Fsp3) is 0.714. The van der Waals surface area contributed by atoms with Crippen molar-refractivity contribution in [1.82, 2.24) is 0 Å². The number of rotatable bonds is 15. The molecule has 0 aliphatic heterocycles. The molecular formula is C21H36O3S. The van der Waals surface area contributed by atoms with Crippen LogP contribution in [0.25, 0.3) is 0 Å². The largest absolute Gasteiger partial charge is 0.270 e. The van der Waals surface area contributed by atoms with E-state index in [1.807, 2.05) is 18.2 Å². The Hall–Kier alpha value is -0.870. The van der Waals surface area contributed by atoms with Crippen molar-refractivity contribution in [2.24, 2.45) is 0 Å². The van der Waals surface area contributed by atoms with Crippen molar-refractivity contribution in [3.05, 3.63) is 35.9 Å². The van der Waals surface area contributed by atoms with E-state index in [-0.39, 0.29) is 12.5 Å². The molecule has 0 N–H and O–H groups in total. The van der Waals surface area contributed by atoms with Crippen LogP contribution in [0.2, 0.25) is 0 Å². The second-order valence-corrected chi connectivity index (χ2v) is 8.71. The van der Waals surface area contributed by atoms with Gasteiger partial charge in [0.1, 0.15) is 0 Å². The molecule has 0 aliphatic rings. The van der Waals surface area contributed by atoms with Crippen molar-refractivity contribution in [3.63, 3.8) is 0 Å². The molecule has 0 radical (unpaired) electrons. The van der Waals surface area contributed by atoms with Crippen LogP contribution in [0.5, 0.6) is 0 Å². The summed E-state index contributed by atoms with van der Waals surface area (Å²) in [7, 11) is -3.38. The molecule has 1 rings (SSSR count). The van der Waals surface area contributed by atoms with Crippen LogP contribution in [0.1, 0.15) is 89.0 Å². The summed E-state index contributed by atoms with van der Waals surface area (Å²) < 4.78 is 27.6. The molecule has 0 spiro atoms. The minimum absolute atomic E-state index is 0.157. The van der Waals surface area contributed by atoms with E-state index in [0.29, 0.717) is 0 Å². The van der Waals surface area contributed by atoms with E-state index in [0.717, 1.165) is 19.1 Å². The van der Waals surface area contributed by atoms with Gasteiger partial charge in [-0.15, -0.1) is 0 Å². The number of hydrogen-bond acceptors (Lipinski definition) is 3. The molecule has 25 heavy (non-hydrogen) atoms. The normalized spacial score (nSPS) is 13.0. The van der Waals surface area contributed by atoms with Gasteiger partial charge in [0.15, 0.2) is 0 Å². The highest BCUT2D eigenvalue weighted by Gasteiger charge is 2.14. The van der Waals surface area contributed by atoms with Crippen molar-refractivity contribution in [1.29, 1.82) is 0 Å². The summed E-state index contributed by atoms with van der Waals surface area (Å²) in [6, 6.07) is 10.1. The highest BCUT2D eigenvalue weighted by atomic mass is 32.2. The molecular weight excluding hydrogens is 332 g/mol. The Balaban J connectivity index is 2.22. The molecule has 3 nitrogen and oxygen atoms in total. The highest BCUT2D eigenvalue weighted by molar-refractivity contribution is 7.85. The van der Waals surface area contributed by atoms with Crippen molar-refractivity contribution < 1.29 is 12.6 Å². The molecule has 0 amide bonds. The van der Waals surface area contributed by atoms with Crippen LogP contribution in [0.15, 0.2) is 30.3 Å². The molecule has 0 aliphatic carbocycles. The molecule has 4 heteroatoms. The maximum absolute atomic E-state index is 11.3. The van der Waals surface area contributed by atoms with Crippen LogP contribution in [-0.4, -0.2) is 21.3 Å². The van der Waals surface area contributed by atoms with Gasteiger partial charge in [0.25, 0.3) is 10.1 Å². The third-order valence-corrected chi connectivity index (χ3v) is 5.22. The highest BCUT2D eigenvalue weighted by Crippen LogP contribution is 2.24. The monoisotopic (exact) mass is 368 g/mol. The van der Waals surface area contributed by atoms with Crippen molar-refractivity contribution in [2.45, 2.75) is 83.5 Å². The molecule has 0 fully saturated rings. The van der Waals surface area contributed by atoms with Gasteiger partial charge in [-0.25, -0.2) is 0 Å². The van der Waals surface area contributed by atoms with Crippen LogP contribution in [0.3, 0.4) is 0 Å². The second-order valence-electron chi connectivity index (χ2n) is 7.07. The zero-order chi connectivity index (χ0) is 18.4. The van der Waals surface area contributed by atoms with Crippen LogP contribution >= 0.6 is 0 Å². The quantitative estimate of drug-likeness (QED) is 0.279. The van der Waals surface area contributed by atoms with E-state index in [9.17, 15) is 8.42 Å². The maximum Gasteiger partial charge on any atom is 0.264 e. The molecule has 144 valence electrons. The molecule has 1 unspecified atom stereocenters. The number of unbranched alkanes of at least 4 members (excludes halogenated alkanes) is 9. The van der Waals surface area contributed by atoms with Crippen molar-refractivity contribution >= 4 is 10.1 Å². The van der Waals surface area contributed by atoms with Gasteiger partial charge in [-0.05, 0) is 12.0 Å². The third-order valence-electron chi connectivity index (χ3n) is 4.66. The fourth-order valence-corrected chi connectivity index (χ4v) is 3.57. The topological polar surface area (TPSA) is 43.4 Å². The molecule has 1 atom stereocenters. The molecule has 0 aromatic heterocycles. The molecule has 0 saturated carbocycles. The van der Waals surface area contributed by atoms with Gasteiger partial charge in [-0.3, -0.25) is 4.18 Å². The van der Waals surface area contributed by atoms with E-state index in [2.05, 4.69) is 19.1 Å². The first-order valence-electron chi connectivity index (χ1n) is 9.92. The lowest BCUT2D eigenvalue weighted by Crippen LogP contribution is -2.12. The van der Waals surface area contributed by atoms with E-state index in [4.69, 9.17) is 4.18 Å². The lowest BCUT2D eigenvalue weighted by Gasteiger charge is -2.16.